The number of urea groups is 1. The smallest absolute Gasteiger partial charge is 0.322 e. The van der Waals surface area contributed by atoms with Gasteiger partial charge in [0, 0.05) is 37.4 Å². The zero-order valence-electron chi connectivity index (χ0n) is 18.6. The minimum atomic E-state index is -3.25. The van der Waals surface area contributed by atoms with Crippen LogP contribution >= 0.6 is 0 Å². The number of hydrogen-bond donors (Lipinski definition) is 2. The molecule has 2 N–H and O–H groups in total. The van der Waals surface area contributed by atoms with E-state index in [0.717, 1.165) is 19.6 Å². The number of piperazine rings is 1. The fourth-order valence-electron chi connectivity index (χ4n) is 3.51. The number of nitrogens with one attached hydrogen (secondary N) is 2. The number of carbonyl (C=O) groups is 3. The largest absolute Gasteiger partial charge is 0.324 e. The van der Waals surface area contributed by atoms with Gasteiger partial charge in [-0.2, -0.15) is 8.78 Å². The minimum Gasteiger partial charge on any atom is -0.322 e. The van der Waals surface area contributed by atoms with E-state index < -0.39 is 24.1 Å². The van der Waals surface area contributed by atoms with E-state index in [2.05, 4.69) is 11.8 Å². The van der Waals surface area contributed by atoms with E-state index in [9.17, 15) is 27.6 Å². The molecular weight excluding hydrogens is 451 g/mol. The summed E-state index contributed by atoms with van der Waals surface area (Å²) in [6.45, 7) is 5.84. The number of amides is 4. The van der Waals surface area contributed by atoms with Crippen molar-refractivity contribution in [1.82, 2.24) is 20.7 Å². The summed E-state index contributed by atoms with van der Waals surface area (Å²) < 4.78 is 37.9. The summed E-state index contributed by atoms with van der Waals surface area (Å²) in [6, 6.07) is 11.5. The van der Waals surface area contributed by atoms with Crippen molar-refractivity contribution in [2.75, 3.05) is 37.6 Å². The van der Waals surface area contributed by atoms with Gasteiger partial charge in [-0.05, 0) is 48.5 Å². The number of halogens is 3. The van der Waals surface area contributed by atoms with Crippen molar-refractivity contribution in [1.29, 1.82) is 0 Å². The number of rotatable bonds is 6. The maximum atomic E-state index is 13.5. The predicted octanol–water partition coefficient (Wildman–Crippen LogP) is 2.62. The van der Waals surface area contributed by atoms with Crippen molar-refractivity contribution in [3.63, 3.8) is 0 Å². The first-order valence-corrected chi connectivity index (χ1v) is 10.8. The molecule has 182 valence electrons. The highest BCUT2D eigenvalue weighted by molar-refractivity contribution is 5.96. The molecule has 1 saturated heterocycles. The summed E-state index contributed by atoms with van der Waals surface area (Å²) in [7, 11) is 0. The zero-order valence-corrected chi connectivity index (χ0v) is 18.6. The Kier molecular flexibility index (Phi) is 8.47. The Balaban J connectivity index is 1.72. The van der Waals surface area contributed by atoms with Crippen LogP contribution in [-0.2, 0) is 11.3 Å². The molecule has 1 aliphatic rings. The van der Waals surface area contributed by atoms with Crippen LogP contribution in [0.5, 0.6) is 0 Å². The first-order valence-electron chi connectivity index (χ1n) is 10.8. The van der Waals surface area contributed by atoms with Crippen LogP contribution < -0.4 is 15.8 Å². The van der Waals surface area contributed by atoms with E-state index in [1.54, 1.807) is 27.4 Å². The van der Waals surface area contributed by atoms with Gasteiger partial charge < -0.3 is 9.80 Å². The van der Waals surface area contributed by atoms with Crippen LogP contribution in [0.1, 0.15) is 22.8 Å². The molecule has 2 aromatic carbocycles. The van der Waals surface area contributed by atoms with Crippen molar-refractivity contribution in [3.05, 3.63) is 65.5 Å². The molecule has 0 spiro atoms. The highest BCUT2D eigenvalue weighted by atomic mass is 19.3. The van der Waals surface area contributed by atoms with Gasteiger partial charge >= 0.3 is 18.4 Å². The third-order valence-electron chi connectivity index (χ3n) is 5.51. The molecule has 0 aromatic heterocycles. The molecule has 4 amide bonds. The van der Waals surface area contributed by atoms with Crippen LogP contribution in [0.3, 0.4) is 0 Å². The Bertz CT molecular complexity index is 994. The summed E-state index contributed by atoms with van der Waals surface area (Å²) >= 11 is 0. The first kappa shape index (κ1) is 25.0. The lowest BCUT2D eigenvalue weighted by Crippen LogP contribution is -2.52. The standard InChI is InChI=1S/C23H26F3N5O3/c1-2-29-11-13-30(14-12-29)23(34)31(19-9-7-18(24)8-10-19)15-16-3-5-17(6-4-16)21(32)27-28-22(33)20(25)26/h3-10,20H,2,11-15H2,1H3,(H,27,32)(H,28,33). The summed E-state index contributed by atoms with van der Waals surface area (Å²) in [6.07, 6.45) is -3.25. The lowest BCUT2D eigenvalue weighted by atomic mass is 10.1. The highest BCUT2D eigenvalue weighted by Gasteiger charge is 2.26. The van der Waals surface area contributed by atoms with Crippen LogP contribution in [0.2, 0.25) is 0 Å². The second-order valence-corrected chi connectivity index (χ2v) is 7.71. The second kappa shape index (κ2) is 11.5. The number of hydrazine groups is 1. The molecule has 1 aliphatic heterocycles. The highest BCUT2D eigenvalue weighted by Crippen LogP contribution is 2.21. The number of nitrogens with zero attached hydrogens (tertiary/aromatic N) is 3. The second-order valence-electron chi connectivity index (χ2n) is 7.71. The molecule has 0 radical (unpaired) electrons. The van der Waals surface area contributed by atoms with Crippen LogP contribution in [0, 0.1) is 5.82 Å². The average Bonchev–Trinajstić information content (AvgIpc) is 2.86. The average molecular weight is 477 g/mol. The van der Waals surface area contributed by atoms with Gasteiger partial charge in [-0.15, -0.1) is 0 Å². The van der Waals surface area contributed by atoms with E-state index in [0.29, 0.717) is 24.3 Å². The molecule has 8 nitrogen and oxygen atoms in total. The molecule has 1 fully saturated rings. The number of alkyl halides is 2. The van der Waals surface area contributed by atoms with Gasteiger partial charge in [-0.1, -0.05) is 19.1 Å². The third kappa shape index (κ3) is 6.47. The molecular formula is C23H26F3N5O3. The maximum Gasteiger partial charge on any atom is 0.324 e. The monoisotopic (exact) mass is 477 g/mol. The number of carbonyl (C=O) groups excluding carboxylic acids is 3. The van der Waals surface area contributed by atoms with E-state index in [1.807, 2.05) is 5.43 Å². The molecule has 11 heteroatoms. The van der Waals surface area contributed by atoms with Crippen LogP contribution in [0.4, 0.5) is 23.7 Å². The van der Waals surface area contributed by atoms with E-state index in [-0.39, 0.29) is 18.1 Å². The molecule has 0 bridgehead atoms. The summed E-state index contributed by atoms with van der Waals surface area (Å²) in [5.41, 5.74) is 4.90. The van der Waals surface area contributed by atoms with Gasteiger partial charge in [0.15, 0.2) is 0 Å². The fourth-order valence-corrected chi connectivity index (χ4v) is 3.51. The Labute approximate surface area is 195 Å². The normalized spacial score (nSPS) is 14.1. The van der Waals surface area contributed by atoms with E-state index in [4.69, 9.17) is 0 Å². The molecule has 1 heterocycles. The van der Waals surface area contributed by atoms with Crippen LogP contribution in [-0.4, -0.2) is 66.8 Å². The third-order valence-corrected chi connectivity index (χ3v) is 5.51. The quantitative estimate of drug-likeness (QED) is 0.627. The van der Waals surface area contributed by atoms with Crippen molar-refractivity contribution in [2.24, 2.45) is 0 Å². The zero-order chi connectivity index (χ0) is 24.7. The molecule has 0 unspecified atom stereocenters. The number of benzene rings is 2. The van der Waals surface area contributed by atoms with E-state index >= 15 is 0 Å². The number of anilines is 1. The van der Waals surface area contributed by atoms with Gasteiger partial charge in [0.25, 0.3) is 5.91 Å². The topological polar surface area (TPSA) is 85.0 Å². The Morgan fingerprint density at radius 2 is 1.56 bits per heavy atom. The predicted molar refractivity (Wildman–Crippen MR) is 120 cm³/mol. The molecule has 34 heavy (non-hydrogen) atoms. The van der Waals surface area contributed by atoms with Gasteiger partial charge in [0.2, 0.25) is 0 Å². The van der Waals surface area contributed by atoms with Crippen molar-refractivity contribution < 1.29 is 27.6 Å². The van der Waals surface area contributed by atoms with Crippen molar-refractivity contribution in [3.8, 4) is 0 Å². The molecule has 3 rings (SSSR count). The van der Waals surface area contributed by atoms with Crippen molar-refractivity contribution >= 4 is 23.5 Å². The fraction of sp³-hybridized carbons (Fsp3) is 0.348. The molecule has 2 aromatic rings. The van der Waals surface area contributed by atoms with Crippen LogP contribution in [0.15, 0.2) is 48.5 Å². The summed E-state index contributed by atoms with van der Waals surface area (Å²) in [5.74, 6) is -2.79. The van der Waals surface area contributed by atoms with Crippen LogP contribution in [0.25, 0.3) is 0 Å². The van der Waals surface area contributed by atoms with E-state index in [1.165, 1.54) is 36.4 Å². The maximum absolute atomic E-state index is 13.5. The van der Waals surface area contributed by atoms with Gasteiger partial charge in [-0.3, -0.25) is 25.3 Å². The van der Waals surface area contributed by atoms with Gasteiger partial charge in [-0.25, -0.2) is 9.18 Å². The molecule has 0 saturated carbocycles. The van der Waals surface area contributed by atoms with Crippen molar-refractivity contribution in [2.45, 2.75) is 19.9 Å². The number of hydrogen-bond acceptors (Lipinski definition) is 4. The SMILES string of the molecule is CCN1CCN(C(=O)N(Cc2ccc(C(=O)NNC(=O)C(F)F)cc2)c2ccc(F)cc2)CC1. The minimum absolute atomic E-state index is 0.133. The number of likely N-dealkylation sites (N-methyl/N-ethyl adjacent to an activating group) is 1. The molecule has 0 atom stereocenters. The lowest BCUT2D eigenvalue weighted by Gasteiger charge is -2.37. The first-order chi connectivity index (χ1) is 16.3. The lowest BCUT2D eigenvalue weighted by molar-refractivity contribution is -0.132. The Morgan fingerprint density at radius 1 is 0.941 bits per heavy atom. The van der Waals surface area contributed by atoms with Gasteiger partial charge in [0.1, 0.15) is 5.82 Å². The Hall–Kier alpha value is -3.60. The van der Waals surface area contributed by atoms with Gasteiger partial charge in [0.05, 0.1) is 6.54 Å². The summed E-state index contributed by atoms with van der Waals surface area (Å²) in [4.78, 5) is 41.8. The Morgan fingerprint density at radius 3 is 2.12 bits per heavy atom. The molecule has 0 aliphatic carbocycles. The summed E-state index contributed by atoms with van der Waals surface area (Å²) in [5, 5.41) is 0.